The van der Waals surface area contributed by atoms with E-state index in [1.807, 2.05) is 0 Å². The molecule has 16 heavy (non-hydrogen) atoms. The molecule has 0 unspecified atom stereocenters. The molecule has 0 aliphatic heterocycles. The molecule has 1 saturated carbocycles. The van der Waals surface area contributed by atoms with E-state index in [-0.39, 0.29) is 0 Å². The summed E-state index contributed by atoms with van der Waals surface area (Å²) in [4.78, 5) is 0. The second-order valence-corrected chi connectivity index (χ2v) is 4.81. The van der Waals surface area contributed by atoms with Crippen molar-refractivity contribution in [3.05, 3.63) is 17.0 Å². The summed E-state index contributed by atoms with van der Waals surface area (Å²) in [6.07, 6.45) is 5.03. The van der Waals surface area contributed by atoms with Crippen LogP contribution in [0, 0.1) is 13.8 Å². The van der Waals surface area contributed by atoms with Crippen LogP contribution in [0.25, 0.3) is 0 Å². The van der Waals surface area contributed by atoms with Crippen LogP contribution in [-0.4, -0.2) is 22.4 Å². The Morgan fingerprint density at radius 1 is 1.38 bits per heavy atom. The Kier molecular flexibility index (Phi) is 3.64. The summed E-state index contributed by atoms with van der Waals surface area (Å²) in [5, 5.41) is 8.14. The summed E-state index contributed by atoms with van der Waals surface area (Å²) in [6, 6.07) is 0.826. The summed E-state index contributed by atoms with van der Waals surface area (Å²) in [5.74, 6) is 0. The Hall–Kier alpha value is -0.830. The van der Waals surface area contributed by atoms with Gasteiger partial charge in [0.05, 0.1) is 5.69 Å². The molecule has 0 amide bonds. The fourth-order valence-electron chi connectivity index (χ4n) is 2.29. The molecular weight excluding hydrogens is 198 g/mol. The van der Waals surface area contributed by atoms with Crippen molar-refractivity contribution in [3.8, 4) is 0 Å². The van der Waals surface area contributed by atoms with Crippen LogP contribution in [0.1, 0.15) is 43.1 Å². The molecule has 0 aromatic carbocycles. The number of hydrogen-bond donors (Lipinski definition) is 1. The highest BCUT2D eigenvalue weighted by atomic mass is 15.3. The predicted octanol–water partition coefficient (Wildman–Crippen LogP) is 2.20. The minimum atomic E-state index is 0.826. The largest absolute Gasteiger partial charge is 0.314 e. The maximum absolute atomic E-state index is 4.60. The first-order chi connectivity index (χ1) is 7.72. The monoisotopic (exact) mass is 221 g/mol. The highest BCUT2D eigenvalue weighted by Gasteiger charge is 2.19. The first-order valence-corrected chi connectivity index (χ1v) is 6.48. The quantitative estimate of drug-likeness (QED) is 0.746. The molecule has 1 aromatic rings. The predicted molar refractivity (Wildman–Crippen MR) is 66.7 cm³/mol. The van der Waals surface area contributed by atoms with Crippen LogP contribution in [0.5, 0.6) is 0 Å². The minimum Gasteiger partial charge on any atom is -0.314 e. The zero-order chi connectivity index (χ0) is 11.5. The molecule has 0 saturated heterocycles. The van der Waals surface area contributed by atoms with Crippen molar-refractivity contribution in [3.63, 3.8) is 0 Å². The van der Waals surface area contributed by atoms with Gasteiger partial charge in [-0.25, -0.2) is 0 Å². The lowest BCUT2D eigenvalue weighted by molar-refractivity contribution is 0.530. The highest BCUT2D eigenvalue weighted by Crippen LogP contribution is 2.18. The molecule has 0 spiro atoms. The number of aromatic nitrogens is 2. The van der Waals surface area contributed by atoms with Crippen LogP contribution in [0.3, 0.4) is 0 Å². The molecule has 1 N–H and O–H groups in total. The third kappa shape index (κ3) is 2.64. The molecule has 2 rings (SSSR count). The summed E-state index contributed by atoms with van der Waals surface area (Å²) in [5.41, 5.74) is 3.98. The topological polar surface area (TPSA) is 29.9 Å². The fourth-order valence-corrected chi connectivity index (χ4v) is 2.29. The van der Waals surface area contributed by atoms with Gasteiger partial charge in [-0.15, -0.1) is 0 Å². The Labute approximate surface area is 98.2 Å². The molecule has 1 fully saturated rings. The van der Waals surface area contributed by atoms with Crippen LogP contribution >= 0.6 is 0 Å². The second kappa shape index (κ2) is 5.00. The zero-order valence-corrected chi connectivity index (χ0v) is 10.7. The van der Waals surface area contributed by atoms with Crippen molar-refractivity contribution in [2.45, 2.75) is 59.0 Å². The summed E-state index contributed by atoms with van der Waals surface area (Å²) >= 11 is 0. The third-order valence-electron chi connectivity index (χ3n) is 3.44. The van der Waals surface area contributed by atoms with E-state index in [9.17, 15) is 0 Å². The molecular formula is C13H23N3. The van der Waals surface area contributed by atoms with Crippen molar-refractivity contribution >= 4 is 0 Å². The minimum absolute atomic E-state index is 0.826. The molecule has 1 aromatic heterocycles. The van der Waals surface area contributed by atoms with E-state index in [0.717, 1.165) is 25.6 Å². The molecule has 3 heteroatoms. The van der Waals surface area contributed by atoms with E-state index in [0.29, 0.717) is 0 Å². The summed E-state index contributed by atoms with van der Waals surface area (Å²) < 4.78 is 2.17. The Morgan fingerprint density at radius 3 is 2.69 bits per heavy atom. The zero-order valence-electron chi connectivity index (χ0n) is 10.7. The SMILES string of the molecule is CCc1c(C)nn(CCCNC2CC2)c1C. The van der Waals surface area contributed by atoms with E-state index < -0.39 is 0 Å². The van der Waals surface area contributed by atoms with E-state index in [2.05, 4.69) is 35.9 Å². The van der Waals surface area contributed by atoms with Crippen LogP contribution in [0.4, 0.5) is 0 Å². The van der Waals surface area contributed by atoms with Crippen LogP contribution < -0.4 is 5.32 Å². The first-order valence-electron chi connectivity index (χ1n) is 6.48. The fraction of sp³-hybridized carbons (Fsp3) is 0.769. The van der Waals surface area contributed by atoms with E-state index in [4.69, 9.17) is 0 Å². The standard InChI is InChI=1S/C13H23N3/c1-4-13-10(2)15-16(11(13)3)9-5-8-14-12-6-7-12/h12,14H,4-9H2,1-3H3. The van der Waals surface area contributed by atoms with Gasteiger partial charge < -0.3 is 5.32 Å². The van der Waals surface area contributed by atoms with Gasteiger partial charge in [0.25, 0.3) is 0 Å². The molecule has 0 atom stereocenters. The van der Waals surface area contributed by atoms with Crippen LogP contribution in [0.2, 0.25) is 0 Å². The third-order valence-corrected chi connectivity index (χ3v) is 3.44. The lowest BCUT2D eigenvalue weighted by Crippen LogP contribution is -2.19. The van der Waals surface area contributed by atoms with Gasteiger partial charge >= 0.3 is 0 Å². The molecule has 1 aliphatic rings. The molecule has 3 nitrogen and oxygen atoms in total. The smallest absolute Gasteiger partial charge is 0.0628 e. The van der Waals surface area contributed by atoms with E-state index >= 15 is 0 Å². The maximum Gasteiger partial charge on any atom is 0.0628 e. The molecule has 90 valence electrons. The van der Waals surface area contributed by atoms with Gasteiger partial charge in [-0.1, -0.05) is 6.92 Å². The van der Waals surface area contributed by atoms with Gasteiger partial charge in [-0.2, -0.15) is 5.10 Å². The average molecular weight is 221 g/mol. The van der Waals surface area contributed by atoms with Crippen LogP contribution in [0.15, 0.2) is 0 Å². The lowest BCUT2D eigenvalue weighted by atomic mass is 10.1. The van der Waals surface area contributed by atoms with Crippen molar-refractivity contribution in [2.75, 3.05) is 6.54 Å². The number of aryl methyl sites for hydroxylation is 2. The normalized spacial score (nSPS) is 15.7. The van der Waals surface area contributed by atoms with Crippen LogP contribution in [-0.2, 0) is 13.0 Å². The van der Waals surface area contributed by atoms with Gasteiger partial charge in [0, 0.05) is 18.3 Å². The number of nitrogens with one attached hydrogen (secondary N) is 1. The summed E-state index contributed by atoms with van der Waals surface area (Å²) in [6.45, 7) is 8.69. The van der Waals surface area contributed by atoms with Crippen molar-refractivity contribution in [2.24, 2.45) is 0 Å². The second-order valence-electron chi connectivity index (χ2n) is 4.81. The molecule has 1 heterocycles. The molecule has 1 aliphatic carbocycles. The first kappa shape index (κ1) is 11.6. The van der Waals surface area contributed by atoms with Gasteiger partial charge in [0.1, 0.15) is 0 Å². The number of hydrogen-bond acceptors (Lipinski definition) is 2. The van der Waals surface area contributed by atoms with Gasteiger partial charge in [0.15, 0.2) is 0 Å². The Balaban J connectivity index is 1.83. The van der Waals surface area contributed by atoms with Crippen molar-refractivity contribution < 1.29 is 0 Å². The Bertz CT molecular complexity index is 350. The van der Waals surface area contributed by atoms with Crippen molar-refractivity contribution in [1.82, 2.24) is 15.1 Å². The number of nitrogens with zero attached hydrogens (tertiary/aromatic N) is 2. The van der Waals surface area contributed by atoms with Crippen molar-refractivity contribution in [1.29, 1.82) is 0 Å². The highest BCUT2D eigenvalue weighted by molar-refractivity contribution is 5.24. The van der Waals surface area contributed by atoms with Gasteiger partial charge in [-0.3, -0.25) is 4.68 Å². The number of rotatable bonds is 6. The summed E-state index contributed by atoms with van der Waals surface area (Å²) in [7, 11) is 0. The maximum atomic E-state index is 4.60. The van der Waals surface area contributed by atoms with Gasteiger partial charge in [0.2, 0.25) is 0 Å². The van der Waals surface area contributed by atoms with Gasteiger partial charge in [-0.05, 0) is 51.6 Å². The molecule has 0 radical (unpaired) electrons. The average Bonchev–Trinajstić information content (AvgIpc) is 3.03. The van der Waals surface area contributed by atoms with E-state index in [1.54, 1.807) is 0 Å². The molecule has 0 bridgehead atoms. The Morgan fingerprint density at radius 2 is 2.12 bits per heavy atom. The lowest BCUT2D eigenvalue weighted by Gasteiger charge is -2.05. The van der Waals surface area contributed by atoms with E-state index in [1.165, 1.54) is 36.2 Å².